The smallest absolute Gasteiger partial charge is 0.345 e. The molecule has 10 heteroatoms. The van der Waals surface area contributed by atoms with Crippen molar-refractivity contribution < 1.29 is 4.92 Å². The van der Waals surface area contributed by atoms with Crippen molar-refractivity contribution in [2.24, 2.45) is 0 Å². The van der Waals surface area contributed by atoms with Gasteiger partial charge >= 0.3 is 5.00 Å². The van der Waals surface area contributed by atoms with Crippen LogP contribution in [0.5, 0.6) is 0 Å². The number of aromatic nitrogens is 3. The fraction of sp³-hybridized carbons (Fsp3) is 0.583. The molecule has 0 aromatic carbocycles. The lowest BCUT2D eigenvalue weighted by Gasteiger charge is -2.20. The minimum atomic E-state index is -0.390. The normalized spacial score (nSPS) is 15.9. The lowest BCUT2D eigenvalue weighted by molar-refractivity contribution is -0.380. The van der Waals surface area contributed by atoms with Crippen LogP contribution in [0.4, 0.5) is 15.3 Å². The lowest BCUT2D eigenvalue weighted by atomic mass is 10.4. The summed E-state index contributed by atoms with van der Waals surface area (Å²) in [4.78, 5) is 23.4. The van der Waals surface area contributed by atoms with E-state index in [4.69, 9.17) is 0 Å². The summed E-state index contributed by atoms with van der Waals surface area (Å²) >= 11 is 2.57. The minimum absolute atomic E-state index is 0.0906. The molecule has 1 saturated heterocycles. The molecule has 0 aliphatic carbocycles. The van der Waals surface area contributed by atoms with Crippen LogP contribution >= 0.6 is 22.9 Å². The fourth-order valence-corrected chi connectivity index (χ4v) is 3.89. The van der Waals surface area contributed by atoms with Crippen molar-refractivity contribution in [3.8, 4) is 0 Å². The Hall–Kier alpha value is -1.81. The number of nitro groups is 1. The number of nitrogens with zero attached hydrogens (tertiary/aromatic N) is 6. The van der Waals surface area contributed by atoms with Gasteiger partial charge in [0.1, 0.15) is 12.0 Å². The van der Waals surface area contributed by atoms with Gasteiger partial charge in [-0.3, -0.25) is 10.1 Å². The van der Waals surface area contributed by atoms with E-state index in [1.807, 2.05) is 6.92 Å². The van der Waals surface area contributed by atoms with Gasteiger partial charge < -0.3 is 9.80 Å². The summed E-state index contributed by atoms with van der Waals surface area (Å²) in [6.45, 7) is 5.42. The predicted octanol–water partition coefficient (Wildman–Crippen LogP) is 2.18. The van der Waals surface area contributed by atoms with Gasteiger partial charge in [0.2, 0.25) is 5.13 Å². The predicted molar refractivity (Wildman–Crippen MR) is 87.1 cm³/mol. The maximum absolute atomic E-state index is 10.8. The second kappa shape index (κ2) is 6.53. The van der Waals surface area contributed by atoms with E-state index >= 15 is 0 Å². The van der Waals surface area contributed by atoms with Gasteiger partial charge in [0.25, 0.3) is 0 Å². The number of rotatable bonds is 4. The monoisotopic (exact) mass is 340 g/mol. The van der Waals surface area contributed by atoms with Crippen molar-refractivity contribution in [1.29, 1.82) is 0 Å². The van der Waals surface area contributed by atoms with Gasteiger partial charge in [-0.15, -0.1) is 0 Å². The third kappa shape index (κ3) is 3.17. The Labute approximate surface area is 135 Å². The lowest BCUT2D eigenvalue weighted by Crippen LogP contribution is -2.30. The second-order valence-corrected chi connectivity index (χ2v) is 6.63. The van der Waals surface area contributed by atoms with Crippen LogP contribution in [-0.2, 0) is 6.42 Å². The first kappa shape index (κ1) is 15.1. The highest BCUT2D eigenvalue weighted by atomic mass is 32.1. The van der Waals surface area contributed by atoms with Gasteiger partial charge in [0.15, 0.2) is 5.13 Å². The zero-order valence-electron chi connectivity index (χ0n) is 12.1. The van der Waals surface area contributed by atoms with E-state index in [0.29, 0.717) is 0 Å². The van der Waals surface area contributed by atoms with E-state index in [0.717, 1.165) is 66.4 Å². The van der Waals surface area contributed by atoms with Gasteiger partial charge in [-0.05, 0) is 17.8 Å². The number of thiazole rings is 1. The Morgan fingerprint density at radius 2 is 2.00 bits per heavy atom. The van der Waals surface area contributed by atoms with E-state index in [-0.39, 0.29) is 5.00 Å². The number of hydrogen-bond donors (Lipinski definition) is 0. The van der Waals surface area contributed by atoms with Gasteiger partial charge in [0, 0.05) is 44.1 Å². The summed E-state index contributed by atoms with van der Waals surface area (Å²) < 4.78 is 4.33. The Morgan fingerprint density at radius 3 is 2.59 bits per heavy atom. The maximum Gasteiger partial charge on any atom is 0.345 e. The molecule has 118 valence electrons. The van der Waals surface area contributed by atoms with E-state index in [2.05, 4.69) is 24.1 Å². The molecule has 2 aromatic heterocycles. The Morgan fingerprint density at radius 1 is 1.27 bits per heavy atom. The summed E-state index contributed by atoms with van der Waals surface area (Å²) in [7, 11) is 0. The van der Waals surface area contributed by atoms with Crippen LogP contribution in [0.1, 0.15) is 19.2 Å². The van der Waals surface area contributed by atoms with E-state index < -0.39 is 4.92 Å². The summed E-state index contributed by atoms with van der Waals surface area (Å²) in [6.07, 6.45) is 3.15. The molecule has 3 heterocycles. The van der Waals surface area contributed by atoms with Crippen LogP contribution in [0.3, 0.4) is 0 Å². The van der Waals surface area contributed by atoms with E-state index in [9.17, 15) is 10.1 Å². The average molecular weight is 340 g/mol. The molecule has 22 heavy (non-hydrogen) atoms. The molecule has 0 spiro atoms. The van der Waals surface area contributed by atoms with Crippen molar-refractivity contribution in [3.63, 3.8) is 0 Å². The van der Waals surface area contributed by atoms with Gasteiger partial charge in [-0.1, -0.05) is 6.92 Å². The molecule has 8 nitrogen and oxygen atoms in total. The Bertz CT molecular complexity index is 658. The molecule has 0 saturated carbocycles. The Kier molecular flexibility index (Phi) is 4.48. The standard InChI is InChI=1S/C12H16N6O2S2/c1-2-9-14-12(22-15-9)17-5-3-4-16(6-7-17)11-13-8-10(21-11)18(19)20/h8H,2-7H2,1H3. The van der Waals surface area contributed by atoms with Crippen molar-refractivity contribution in [3.05, 3.63) is 22.1 Å². The minimum Gasteiger partial charge on any atom is -0.346 e. The molecule has 0 N–H and O–H groups in total. The Balaban J connectivity index is 1.67. The third-order valence-electron chi connectivity index (χ3n) is 3.47. The average Bonchev–Trinajstić information content (AvgIpc) is 3.12. The molecule has 1 aliphatic rings. The van der Waals surface area contributed by atoms with Crippen LogP contribution in [0.2, 0.25) is 0 Å². The first-order chi connectivity index (χ1) is 10.7. The van der Waals surface area contributed by atoms with Gasteiger partial charge in [0.05, 0.1) is 4.92 Å². The molecule has 0 bridgehead atoms. The molecule has 3 rings (SSSR count). The first-order valence-electron chi connectivity index (χ1n) is 7.10. The summed E-state index contributed by atoms with van der Waals surface area (Å²) in [6, 6.07) is 0. The molecular formula is C12H16N6O2S2. The molecule has 2 aromatic rings. The first-order valence-corrected chi connectivity index (χ1v) is 8.69. The number of aryl methyl sites for hydroxylation is 1. The molecule has 0 unspecified atom stereocenters. The molecule has 0 atom stereocenters. The summed E-state index contributed by atoms with van der Waals surface area (Å²) in [5.41, 5.74) is 0. The van der Waals surface area contributed by atoms with E-state index in [1.165, 1.54) is 17.7 Å². The van der Waals surface area contributed by atoms with Crippen molar-refractivity contribution in [2.45, 2.75) is 19.8 Å². The zero-order chi connectivity index (χ0) is 15.5. The molecular weight excluding hydrogens is 324 g/mol. The molecule has 0 amide bonds. The summed E-state index contributed by atoms with van der Waals surface area (Å²) in [5, 5.41) is 12.5. The van der Waals surface area contributed by atoms with Crippen LogP contribution in [0.25, 0.3) is 0 Å². The van der Waals surface area contributed by atoms with Crippen molar-refractivity contribution in [2.75, 3.05) is 36.0 Å². The SMILES string of the molecule is CCc1nsc(N2CCCN(c3ncc([N+](=O)[O-])s3)CC2)n1. The number of anilines is 2. The highest BCUT2D eigenvalue weighted by molar-refractivity contribution is 7.18. The highest BCUT2D eigenvalue weighted by Crippen LogP contribution is 2.29. The van der Waals surface area contributed by atoms with Crippen LogP contribution in [-0.4, -0.2) is 45.4 Å². The second-order valence-electron chi connectivity index (χ2n) is 4.91. The topological polar surface area (TPSA) is 88.3 Å². The fourth-order valence-electron chi connectivity index (χ4n) is 2.30. The van der Waals surface area contributed by atoms with Gasteiger partial charge in [-0.25, -0.2) is 9.97 Å². The highest BCUT2D eigenvalue weighted by Gasteiger charge is 2.21. The van der Waals surface area contributed by atoms with Crippen LogP contribution in [0.15, 0.2) is 6.20 Å². The van der Waals surface area contributed by atoms with Crippen LogP contribution in [0, 0.1) is 10.1 Å². The molecule has 1 fully saturated rings. The van der Waals surface area contributed by atoms with Gasteiger partial charge in [-0.2, -0.15) is 4.37 Å². The maximum atomic E-state index is 10.8. The van der Waals surface area contributed by atoms with Crippen molar-refractivity contribution in [1.82, 2.24) is 14.3 Å². The van der Waals surface area contributed by atoms with Crippen LogP contribution < -0.4 is 9.80 Å². The summed E-state index contributed by atoms with van der Waals surface area (Å²) in [5.74, 6) is 0.886. The quantitative estimate of drug-likeness (QED) is 0.622. The largest absolute Gasteiger partial charge is 0.346 e. The molecule has 0 radical (unpaired) electrons. The van der Waals surface area contributed by atoms with E-state index in [1.54, 1.807) is 0 Å². The number of hydrogen-bond acceptors (Lipinski definition) is 9. The third-order valence-corrected chi connectivity index (χ3v) is 5.30. The zero-order valence-corrected chi connectivity index (χ0v) is 13.8. The molecule has 1 aliphatic heterocycles. The van der Waals surface area contributed by atoms with Crippen molar-refractivity contribution >= 4 is 38.1 Å².